The van der Waals surface area contributed by atoms with E-state index in [-0.39, 0.29) is 24.0 Å². The van der Waals surface area contributed by atoms with Crippen LogP contribution < -0.4 is 24.0 Å². The molecular weight excluding hydrogens is 435 g/mol. The second-order valence-corrected chi connectivity index (χ2v) is 8.40. The van der Waals surface area contributed by atoms with E-state index in [1.54, 1.807) is 0 Å². The van der Waals surface area contributed by atoms with E-state index in [0.717, 1.165) is 43.4 Å². The normalized spacial score (nSPS) is 20.5. The zero-order chi connectivity index (χ0) is 18.4. The molecule has 0 aromatic rings. The van der Waals surface area contributed by atoms with Gasteiger partial charge in [-0.3, -0.25) is 4.79 Å². The number of rotatable bonds is 13. The first-order valence-corrected chi connectivity index (χ1v) is 11.2. The van der Waals surface area contributed by atoms with Crippen LogP contribution >= 0.6 is 0 Å². The van der Waals surface area contributed by atoms with Crippen LogP contribution in [0.1, 0.15) is 97.3 Å². The Morgan fingerprint density at radius 3 is 1.88 bits per heavy atom. The summed E-state index contributed by atoms with van der Waals surface area (Å²) in [5, 5.41) is 0. The number of halogens is 1. The summed E-state index contributed by atoms with van der Waals surface area (Å²) in [5.74, 6) is 0.403. The molecule has 1 aliphatic rings. The summed E-state index contributed by atoms with van der Waals surface area (Å²) in [6.45, 7) is 10.0. The third kappa shape index (κ3) is 11.8. The number of likely N-dealkylation sites (N-methyl/N-ethyl adjacent to an activating group) is 1. The number of amides is 1. The Kier molecular flexibility index (Phi) is 16.2. The Bertz CT molecular complexity index is 351. The van der Waals surface area contributed by atoms with E-state index in [2.05, 4.69) is 25.8 Å². The SMILES string of the molecule is CCCCCCCCCCCCCC(=O)N1CCC[N+](C)(CC)CC1.[I-]. The maximum absolute atomic E-state index is 12.4. The maximum Gasteiger partial charge on any atom is 0.222 e. The molecule has 1 fully saturated rings. The van der Waals surface area contributed by atoms with Gasteiger partial charge in [0.2, 0.25) is 5.91 Å². The van der Waals surface area contributed by atoms with E-state index < -0.39 is 0 Å². The van der Waals surface area contributed by atoms with Gasteiger partial charge in [0.1, 0.15) is 0 Å². The van der Waals surface area contributed by atoms with Crippen LogP contribution in [0.2, 0.25) is 0 Å². The number of hydrogen-bond donors (Lipinski definition) is 0. The van der Waals surface area contributed by atoms with Gasteiger partial charge in [-0.25, -0.2) is 0 Å². The predicted octanol–water partition coefficient (Wildman–Crippen LogP) is 2.39. The summed E-state index contributed by atoms with van der Waals surface area (Å²) in [6.07, 6.45) is 16.7. The lowest BCUT2D eigenvalue weighted by molar-refractivity contribution is -0.905. The van der Waals surface area contributed by atoms with Gasteiger partial charge in [-0.05, 0) is 13.3 Å². The van der Waals surface area contributed by atoms with Crippen molar-refractivity contribution in [2.24, 2.45) is 0 Å². The smallest absolute Gasteiger partial charge is 0.222 e. The number of carbonyl (C=O) groups is 1. The van der Waals surface area contributed by atoms with E-state index in [9.17, 15) is 4.79 Å². The number of unbranched alkanes of at least 4 members (excludes halogenated alkanes) is 10. The highest BCUT2D eigenvalue weighted by Crippen LogP contribution is 2.14. The number of nitrogens with zero attached hydrogens (tertiary/aromatic N) is 2. The third-order valence-electron chi connectivity index (χ3n) is 6.15. The minimum absolute atomic E-state index is 0. The molecular formula is C22H45IN2O. The van der Waals surface area contributed by atoms with Crippen LogP contribution in [0.5, 0.6) is 0 Å². The first-order valence-electron chi connectivity index (χ1n) is 11.2. The van der Waals surface area contributed by atoms with Gasteiger partial charge in [0.15, 0.2) is 0 Å². The lowest BCUT2D eigenvalue weighted by atomic mass is 10.1. The highest BCUT2D eigenvalue weighted by atomic mass is 127. The van der Waals surface area contributed by atoms with E-state index in [1.165, 1.54) is 77.3 Å². The van der Waals surface area contributed by atoms with Crippen LogP contribution in [0.25, 0.3) is 0 Å². The molecule has 0 aromatic carbocycles. The molecule has 156 valence electrons. The first-order chi connectivity index (χ1) is 12.1. The first kappa shape index (κ1) is 26.2. The summed E-state index contributed by atoms with van der Waals surface area (Å²) in [5.41, 5.74) is 0. The third-order valence-corrected chi connectivity index (χ3v) is 6.15. The minimum Gasteiger partial charge on any atom is -1.00 e. The van der Waals surface area contributed by atoms with E-state index in [4.69, 9.17) is 0 Å². The minimum atomic E-state index is 0. The Balaban J connectivity index is 0.00000625. The molecule has 0 aromatic heterocycles. The molecule has 1 heterocycles. The van der Waals surface area contributed by atoms with E-state index in [1.807, 2.05) is 0 Å². The van der Waals surface area contributed by atoms with Crippen molar-refractivity contribution in [3.63, 3.8) is 0 Å². The maximum atomic E-state index is 12.4. The highest BCUT2D eigenvalue weighted by molar-refractivity contribution is 5.76. The van der Waals surface area contributed by atoms with Crippen LogP contribution in [0.15, 0.2) is 0 Å². The molecule has 4 heteroatoms. The van der Waals surface area contributed by atoms with Crippen LogP contribution in [-0.4, -0.2) is 55.1 Å². The fourth-order valence-corrected chi connectivity index (χ4v) is 3.89. The van der Waals surface area contributed by atoms with Crippen molar-refractivity contribution in [1.29, 1.82) is 0 Å². The average Bonchev–Trinajstić information content (AvgIpc) is 2.82. The second-order valence-electron chi connectivity index (χ2n) is 8.40. The second kappa shape index (κ2) is 16.1. The quantitative estimate of drug-likeness (QED) is 0.225. The molecule has 0 bridgehead atoms. The molecule has 1 saturated heterocycles. The zero-order valence-corrected chi connectivity index (χ0v) is 20.1. The van der Waals surface area contributed by atoms with Gasteiger partial charge in [0.25, 0.3) is 0 Å². The van der Waals surface area contributed by atoms with Gasteiger partial charge < -0.3 is 33.4 Å². The summed E-state index contributed by atoms with van der Waals surface area (Å²) in [6, 6.07) is 0. The monoisotopic (exact) mass is 480 g/mol. The summed E-state index contributed by atoms with van der Waals surface area (Å²) in [7, 11) is 2.33. The molecule has 3 nitrogen and oxygen atoms in total. The molecule has 1 unspecified atom stereocenters. The van der Waals surface area contributed by atoms with Crippen LogP contribution in [0.4, 0.5) is 0 Å². The average molecular weight is 481 g/mol. The molecule has 0 N–H and O–H groups in total. The fourth-order valence-electron chi connectivity index (χ4n) is 3.89. The Morgan fingerprint density at radius 2 is 1.35 bits per heavy atom. The van der Waals surface area contributed by atoms with Gasteiger partial charge in [0.05, 0.1) is 33.2 Å². The Morgan fingerprint density at radius 1 is 0.808 bits per heavy atom. The molecule has 1 atom stereocenters. The van der Waals surface area contributed by atoms with Crippen molar-refractivity contribution in [3.05, 3.63) is 0 Å². The lowest BCUT2D eigenvalue weighted by Gasteiger charge is -2.31. The van der Waals surface area contributed by atoms with Crippen LogP contribution in [0, 0.1) is 0 Å². The molecule has 1 amide bonds. The van der Waals surface area contributed by atoms with Crippen molar-refractivity contribution in [1.82, 2.24) is 4.90 Å². The molecule has 0 aliphatic carbocycles. The summed E-state index contributed by atoms with van der Waals surface area (Å²) >= 11 is 0. The molecule has 26 heavy (non-hydrogen) atoms. The van der Waals surface area contributed by atoms with Gasteiger partial charge in [0, 0.05) is 19.4 Å². The standard InChI is InChI=1S/C22H45N2O.HI/c1-4-6-7-8-9-10-11-12-13-14-15-17-22(25)23-18-16-20-24(3,5-2)21-19-23;/h4-21H2,1-3H3;1H/q+1;/p-1. The van der Waals surface area contributed by atoms with Gasteiger partial charge in [-0.15, -0.1) is 0 Å². The summed E-state index contributed by atoms with van der Waals surface area (Å²) < 4.78 is 1.13. The van der Waals surface area contributed by atoms with Crippen molar-refractivity contribution >= 4 is 5.91 Å². The number of carbonyl (C=O) groups excluding carboxylic acids is 1. The van der Waals surface area contributed by atoms with E-state index >= 15 is 0 Å². The predicted molar refractivity (Wildman–Crippen MR) is 109 cm³/mol. The number of hydrogen-bond acceptors (Lipinski definition) is 1. The van der Waals surface area contributed by atoms with Crippen molar-refractivity contribution in [3.8, 4) is 0 Å². The van der Waals surface area contributed by atoms with Gasteiger partial charge >= 0.3 is 0 Å². The Labute approximate surface area is 180 Å². The molecule has 0 radical (unpaired) electrons. The topological polar surface area (TPSA) is 20.3 Å². The zero-order valence-electron chi connectivity index (χ0n) is 17.9. The van der Waals surface area contributed by atoms with Crippen molar-refractivity contribution in [2.45, 2.75) is 97.3 Å². The number of quaternary nitrogens is 1. The van der Waals surface area contributed by atoms with Crippen LogP contribution in [0.3, 0.4) is 0 Å². The largest absolute Gasteiger partial charge is 1.00 e. The van der Waals surface area contributed by atoms with Gasteiger partial charge in [-0.1, -0.05) is 71.1 Å². The van der Waals surface area contributed by atoms with E-state index in [0.29, 0.717) is 5.91 Å². The van der Waals surface area contributed by atoms with Crippen molar-refractivity contribution < 1.29 is 33.3 Å². The van der Waals surface area contributed by atoms with Gasteiger partial charge in [-0.2, -0.15) is 0 Å². The van der Waals surface area contributed by atoms with Crippen LogP contribution in [-0.2, 0) is 4.79 Å². The highest BCUT2D eigenvalue weighted by Gasteiger charge is 2.26. The lowest BCUT2D eigenvalue weighted by Crippen LogP contribution is -3.00. The molecule has 0 saturated carbocycles. The molecule has 1 aliphatic heterocycles. The molecule has 0 spiro atoms. The summed E-state index contributed by atoms with van der Waals surface area (Å²) in [4.78, 5) is 14.6. The fraction of sp³-hybridized carbons (Fsp3) is 0.955. The Hall–Kier alpha value is 0.160. The van der Waals surface area contributed by atoms with Crippen molar-refractivity contribution in [2.75, 3.05) is 39.8 Å². The molecule has 1 rings (SSSR count).